The van der Waals surface area contributed by atoms with Crippen LogP contribution in [0.3, 0.4) is 0 Å². The Labute approximate surface area is 169 Å². The van der Waals surface area contributed by atoms with E-state index in [-0.39, 0.29) is 24.5 Å². The summed E-state index contributed by atoms with van der Waals surface area (Å²) in [6, 6.07) is 9.58. The molecular formula is C21H26N4O4. The Kier molecular flexibility index (Phi) is 6.09. The van der Waals surface area contributed by atoms with Crippen LogP contribution in [0.15, 0.2) is 41.0 Å². The number of amides is 2. The van der Waals surface area contributed by atoms with E-state index in [0.29, 0.717) is 37.8 Å². The molecule has 0 radical (unpaired) electrons. The Balaban J connectivity index is 1.26. The number of piperazine rings is 1. The number of carbonyl (C=O) groups excluding carboxylic acids is 2. The molecule has 8 nitrogen and oxygen atoms in total. The zero-order valence-corrected chi connectivity index (χ0v) is 16.4. The van der Waals surface area contributed by atoms with Crippen molar-refractivity contribution >= 4 is 12.0 Å². The lowest BCUT2D eigenvalue weighted by molar-refractivity contribution is 0.0539. The second-order valence-electron chi connectivity index (χ2n) is 7.43. The van der Waals surface area contributed by atoms with Crippen molar-refractivity contribution < 1.29 is 18.7 Å². The fourth-order valence-corrected chi connectivity index (χ4v) is 3.70. The first-order chi connectivity index (χ1) is 14.2. The Morgan fingerprint density at radius 1 is 1.14 bits per heavy atom. The minimum Gasteiger partial charge on any atom is -0.448 e. The van der Waals surface area contributed by atoms with Gasteiger partial charge in [-0.2, -0.15) is 0 Å². The van der Waals surface area contributed by atoms with Crippen molar-refractivity contribution in [3.8, 4) is 0 Å². The van der Waals surface area contributed by atoms with Crippen molar-refractivity contribution in [1.29, 1.82) is 0 Å². The van der Waals surface area contributed by atoms with Crippen molar-refractivity contribution in [3.05, 3.63) is 53.7 Å². The van der Waals surface area contributed by atoms with Crippen LogP contribution in [0.2, 0.25) is 0 Å². The van der Waals surface area contributed by atoms with Crippen LogP contribution in [-0.2, 0) is 11.3 Å². The fourth-order valence-electron chi connectivity index (χ4n) is 3.70. The van der Waals surface area contributed by atoms with E-state index in [9.17, 15) is 9.59 Å². The lowest BCUT2D eigenvalue weighted by atomic mass is 10.00. The Bertz CT molecular complexity index is 824. The largest absolute Gasteiger partial charge is 0.448 e. The lowest BCUT2D eigenvalue weighted by Crippen LogP contribution is -2.50. The summed E-state index contributed by atoms with van der Waals surface area (Å²) < 4.78 is 10.9. The summed E-state index contributed by atoms with van der Waals surface area (Å²) in [5.74, 6) is 0.700. The van der Waals surface area contributed by atoms with Gasteiger partial charge in [-0.15, -0.1) is 0 Å². The summed E-state index contributed by atoms with van der Waals surface area (Å²) in [5.41, 5.74) is 1.29. The van der Waals surface area contributed by atoms with E-state index < -0.39 is 0 Å². The second kappa shape index (κ2) is 9.09. The predicted molar refractivity (Wildman–Crippen MR) is 105 cm³/mol. The molecule has 2 aromatic rings. The molecule has 1 aromatic carbocycles. The number of benzene rings is 1. The highest BCUT2D eigenvalue weighted by Gasteiger charge is 2.28. The minimum atomic E-state index is -0.352. The van der Waals surface area contributed by atoms with Crippen molar-refractivity contribution in [1.82, 2.24) is 20.1 Å². The van der Waals surface area contributed by atoms with Gasteiger partial charge in [-0.25, -0.2) is 9.78 Å². The molecule has 0 aliphatic carbocycles. The van der Waals surface area contributed by atoms with Crippen molar-refractivity contribution in [3.63, 3.8) is 0 Å². The van der Waals surface area contributed by atoms with Crippen LogP contribution in [-0.4, -0.2) is 66.1 Å². The van der Waals surface area contributed by atoms with Crippen molar-refractivity contribution in [2.75, 3.05) is 39.3 Å². The average molecular weight is 398 g/mol. The zero-order valence-electron chi connectivity index (χ0n) is 16.4. The monoisotopic (exact) mass is 398 g/mol. The molecule has 2 amide bonds. The summed E-state index contributed by atoms with van der Waals surface area (Å²) in [5, 5.41) is 3.33. The number of rotatable bonds is 4. The Morgan fingerprint density at radius 3 is 2.62 bits per heavy atom. The van der Waals surface area contributed by atoms with E-state index in [0.717, 1.165) is 31.5 Å². The molecule has 2 aliphatic heterocycles. The molecule has 2 aliphatic rings. The minimum absolute atomic E-state index is 0.152. The number of ether oxygens (including phenoxy) is 1. The zero-order chi connectivity index (χ0) is 20.1. The molecule has 2 fully saturated rings. The SMILES string of the molecule is O=C(OCc1ccccc1)N1CCN(C(=O)c2coc(C3CCCNC3)n2)CC1. The third-order valence-corrected chi connectivity index (χ3v) is 5.42. The van der Waals surface area contributed by atoms with Crippen LogP contribution in [0.1, 0.15) is 40.7 Å². The molecule has 1 unspecified atom stereocenters. The van der Waals surface area contributed by atoms with E-state index in [1.54, 1.807) is 9.80 Å². The van der Waals surface area contributed by atoms with Crippen LogP contribution in [0, 0.1) is 0 Å². The maximum Gasteiger partial charge on any atom is 0.410 e. The lowest BCUT2D eigenvalue weighted by Gasteiger charge is -2.33. The molecule has 1 N–H and O–H groups in total. The Hall–Kier alpha value is -2.87. The molecule has 1 atom stereocenters. The molecule has 8 heteroatoms. The fraction of sp³-hybridized carbons (Fsp3) is 0.476. The first-order valence-corrected chi connectivity index (χ1v) is 10.1. The summed E-state index contributed by atoms with van der Waals surface area (Å²) in [7, 11) is 0. The predicted octanol–water partition coefficient (Wildman–Crippen LogP) is 2.24. The van der Waals surface area contributed by atoms with Gasteiger partial charge in [0.25, 0.3) is 5.91 Å². The smallest absolute Gasteiger partial charge is 0.410 e. The Morgan fingerprint density at radius 2 is 1.90 bits per heavy atom. The van der Waals surface area contributed by atoms with Gasteiger partial charge in [0, 0.05) is 38.6 Å². The van der Waals surface area contributed by atoms with E-state index in [1.807, 2.05) is 30.3 Å². The summed E-state index contributed by atoms with van der Waals surface area (Å²) >= 11 is 0. The van der Waals surface area contributed by atoms with Gasteiger partial charge in [-0.05, 0) is 24.9 Å². The van der Waals surface area contributed by atoms with Gasteiger partial charge >= 0.3 is 6.09 Å². The van der Waals surface area contributed by atoms with Crippen LogP contribution in [0.25, 0.3) is 0 Å². The summed E-state index contributed by atoms with van der Waals surface area (Å²) in [6.45, 7) is 3.88. The number of nitrogens with one attached hydrogen (secondary N) is 1. The van der Waals surface area contributed by atoms with Gasteiger partial charge in [0.05, 0.1) is 0 Å². The first-order valence-electron chi connectivity index (χ1n) is 10.1. The third kappa shape index (κ3) is 4.76. The molecule has 0 saturated carbocycles. The first kappa shape index (κ1) is 19.4. The highest BCUT2D eigenvalue weighted by molar-refractivity contribution is 5.92. The van der Waals surface area contributed by atoms with Gasteiger partial charge in [0.2, 0.25) is 0 Å². The van der Waals surface area contributed by atoms with E-state index in [2.05, 4.69) is 10.3 Å². The van der Waals surface area contributed by atoms with Gasteiger partial charge < -0.3 is 24.3 Å². The summed E-state index contributed by atoms with van der Waals surface area (Å²) in [6.07, 6.45) is 3.20. The number of hydrogen-bond acceptors (Lipinski definition) is 6. The quantitative estimate of drug-likeness (QED) is 0.850. The van der Waals surface area contributed by atoms with Gasteiger partial charge in [-0.1, -0.05) is 30.3 Å². The molecule has 1 aromatic heterocycles. The molecule has 0 bridgehead atoms. The topological polar surface area (TPSA) is 87.9 Å². The molecule has 0 spiro atoms. The number of oxazole rings is 1. The number of carbonyl (C=O) groups is 2. The second-order valence-corrected chi connectivity index (χ2v) is 7.43. The van der Waals surface area contributed by atoms with Crippen LogP contribution >= 0.6 is 0 Å². The molecule has 3 heterocycles. The standard InChI is InChI=1S/C21H26N4O4/c26-20(18-15-28-19(23-18)17-7-4-8-22-13-17)24-9-11-25(12-10-24)21(27)29-14-16-5-2-1-3-6-16/h1-3,5-6,15,17,22H,4,7-14H2. The molecule has 2 saturated heterocycles. The van der Waals surface area contributed by atoms with E-state index in [1.165, 1.54) is 6.26 Å². The van der Waals surface area contributed by atoms with Gasteiger partial charge in [0.1, 0.15) is 12.9 Å². The van der Waals surface area contributed by atoms with Crippen LogP contribution in [0.5, 0.6) is 0 Å². The third-order valence-electron chi connectivity index (χ3n) is 5.42. The summed E-state index contributed by atoms with van der Waals surface area (Å²) in [4.78, 5) is 32.8. The maximum absolute atomic E-state index is 12.7. The normalized spacial score (nSPS) is 19.8. The molecule has 154 valence electrons. The number of aromatic nitrogens is 1. The van der Waals surface area contributed by atoms with Crippen molar-refractivity contribution in [2.24, 2.45) is 0 Å². The number of piperidine rings is 1. The van der Waals surface area contributed by atoms with Gasteiger partial charge in [-0.3, -0.25) is 4.79 Å². The highest BCUT2D eigenvalue weighted by Crippen LogP contribution is 2.23. The molecular weight excluding hydrogens is 372 g/mol. The highest BCUT2D eigenvalue weighted by atomic mass is 16.6. The van der Waals surface area contributed by atoms with Crippen molar-refractivity contribution in [2.45, 2.75) is 25.4 Å². The molecule has 29 heavy (non-hydrogen) atoms. The maximum atomic E-state index is 12.7. The van der Waals surface area contributed by atoms with Crippen LogP contribution in [0.4, 0.5) is 4.79 Å². The average Bonchev–Trinajstić information content (AvgIpc) is 3.29. The number of nitrogens with zero attached hydrogens (tertiary/aromatic N) is 3. The molecule has 4 rings (SSSR count). The van der Waals surface area contributed by atoms with Gasteiger partial charge in [0.15, 0.2) is 11.6 Å². The number of hydrogen-bond donors (Lipinski definition) is 1. The van der Waals surface area contributed by atoms with E-state index >= 15 is 0 Å². The van der Waals surface area contributed by atoms with E-state index in [4.69, 9.17) is 9.15 Å². The van der Waals surface area contributed by atoms with Crippen LogP contribution < -0.4 is 5.32 Å².